The number of anilines is 1. The lowest BCUT2D eigenvalue weighted by Gasteiger charge is -2.23. The molecule has 0 spiro atoms. The van der Waals surface area contributed by atoms with Gasteiger partial charge in [-0.05, 0) is 80.6 Å². The Bertz CT molecular complexity index is 922. The lowest BCUT2D eigenvalue weighted by atomic mass is 9.89. The number of hydrogen-bond donors (Lipinski definition) is 1. The lowest BCUT2D eigenvalue weighted by molar-refractivity contribution is 0.307. The van der Waals surface area contributed by atoms with Gasteiger partial charge in [0.1, 0.15) is 11.6 Å². The minimum absolute atomic E-state index is 0.238. The first kappa shape index (κ1) is 20.1. The molecule has 3 aromatic rings. The van der Waals surface area contributed by atoms with Gasteiger partial charge in [0.25, 0.3) is 0 Å². The summed E-state index contributed by atoms with van der Waals surface area (Å²) in [5, 5.41) is 4.53. The van der Waals surface area contributed by atoms with Gasteiger partial charge in [0.05, 0.1) is 16.8 Å². The van der Waals surface area contributed by atoms with Crippen LogP contribution in [0.4, 0.5) is 9.52 Å². The number of rotatable bonds is 8. The van der Waals surface area contributed by atoms with Crippen molar-refractivity contribution >= 4 is 26.7 Å². The van der Waals surface area contributed by atoms with E-state index < -0.39 is 0 Å². The molecule has 4 nitrogen and oxygen atoms in total. The van der Waals surface area contributed by atoms with Crippen LogP contribution >= 0.6 is 11.3 Å². The number of nitrogens with one attached hydrogen (secondary N) is 1. The van der Waals surface area contributed by atoms with E-state index in [0.29, 0.717) is 12.5 Å². The first-order valence-electron chi connectivity index (χ1n) is 10.4. The standard InChI is InChI=1S/C23H28FN3OS/c1-27(15-2-3-16-28-19-9-7-18(24)8-10-19)23-26-22-20(5-4-6-21(22)29-23)17-11-13-25-14-12-17/h4-10,17,25H,2-3,11-16H2,1H3. The molecule has 1 saturated heterocycles. The molecule has 0 aliphatic carbocycles. The molecule has 4 rings (SSSR count). The van der Waals surface area contributed by atoms with E-state index in [1.165, 1.54) is 40.8 Å². The van der Waals surface area contributed by atoms with Gasteiger partial charge in [-0.3, -0.25) is 0 Å². The zero-order valence-electron chi connectivity index (χ0n) is 16.9. The topological polar surface area (TPSA) is 37.4 Å². The third-order valence-electron chi connectivity index (χ3n) is 5.51. The number of ether oxygens (including phenoxy) is 1. The maximum absolute atomic E-state index is 12.9. The quantitative estimate of drug-likeness (QED) is 0.515. The van der Waals surface area contributed by atoms with Crippen LogP contribution in [0.2, 0.25) is 0 Å². The summed E-state index contributed by atoms with van der Waals surface area (Å²) in [4.78, 5) is 7.24. The van der Waals surface area contributed by atoms with Crippen molar-refractivity contribution in [1.82, 2.24) is 10.3 Å². The highest BCUT2D eigenvalue weighted by atomic mass is 32.1. The minimum atomic E-state index is -0.238. The van der Waals surface area contributed by atoms with Crippen LogP contribution in [0, 0.1) is 5.82 Å². The van der Waals surface area contributed by atoms with Crippen LogP contribution in [0.25, 0.3) is 10.2 Å². The van der Waals surface area contributed by atoms with E-state index in [0.717, 1.165) is 43.4 Å². The summed E-state index contributed by atoms with van der Waals surface area (Å²) < 4.78 is 19.9. The molecular formula is C23H28FN3OS. The van der Waals surface area contributed by atoms with Crippen molar-refractivity contribution in [2.45, 2.75) is 31.6 Å². The van der Waals surface area contributed by atoms with E-state index >= 15 is 0 Å². The van der Waals surface area contributed by atoms with Gasteiger partial charge in [-0.15, -0.1) is 0 Å². The third-order valence-corrected chi connectivity index (χ3v) is 6.65. The highest BCUT2D eigenvalue weighted by molar-refractivity contribution is 7.22. The molecule has 1 aromatic heterocycles. The molecule has 1 N–H and O–H groups in total. The van der Waals surface area contributed by atoms with Crippen LogP contribution in [-0.4, -0.2) is 38.3 Å². The molecule has 29 heavy (non-hydrogen) atoms. The number of halogens is 1. The van der Waals surface area contributed by atoms with Crippen molar-refractivity contribution in [3.63, 3.8) is 0 Å². The molecular weight excluding hydrogens is 385 g/mol. The second kappa shape index (κ2) is 9.55. The largest absolute Gasteiger partial charge is 0.494 e. The van der Waals surface area contributed by atoms with Crippen molar-refractivity contribution in [3.8, 4) is 5.75 Å². The molecule has 154 valence electrons. The van der Waals surface area contributed by atoms with Crippen molar-refractivity contribution < 1.29 is 9.13 Å². The van der Waals surface area contributed by atoms with Crippen LogP contribution < -0.4 is 15.0 Å². The average molecular weight is 414 g/mol. The third kappa shape index (κ3) is 5.06. The number of benzene rings is 2. The second-order valence-corrected chi connectivity index (χ2v) is 8.65. The summed E-state index contributed by atoms with van der Waals surface area (Å²) in [6.45, 7) is 3.77. The molecule has 2 heterocycles. The lowest BCUT2D eigenvalue weighted by Crippen LogP contribution is -2.26. The molecule has 0 atom stereocenters. The molecule has 2 aromatic carbocycles. The normalized spacial score (nSPS) is 15.0. The summed E-state index contributed by atoms with van der Waals surface area (Å²) in [6, 6.07) is 12.8. The molecule has 1 aliphatic heterocycles. The Balaban J connectivity index is 1.31. The van der Waals surface area contributed by atoms with E-state index in [-0.39, 0.29) is 5.82 Å². The summed E-state index contributed by atoms with van der Waals surface area (Å²) in [7, 11) is 2.11. The summed E-state index contributed by atoms with van der Waals surface area (Å²) in [6.07, 6.45) is 4.35. The first-order chi connectivity index (χ1) is 14.2. The number of para-hydroxylation sites is 1. The molecule has 6 heteroatoms. The van der Waals surface area contributed by atoms with E-state index in [1.807, 2.05) is 0 Å². The second-order valence-electron chi connectivity index (χ2n) is 7.65. The SMILES string of the molecule is CN(CCCCOc1ccc(F)cc1)c1nc2c(C3CCNCC3)cccc2s1. The van der Waals surface area contributed by atoms with Gasteiger partial charge < -0.3 is 15.0 Å². The number of hydrogen-bond acceptors (Lipinski definition) is 5. The Morgan fingerprint density at radius 3 is 2.72 bits per heavy atom. The fourth-order valence-electron chi connectivity index (χ4n) is 3.85. The molecule has 1 aliphatic rings. The van der Waals surface area contributed by atoms with Gasteiger partial charge in [0.2, 0.25) is 0 Å². The van der Waals surface area contributed by atoms with Crippen LogP contribution in [0.5, 0.6) is 5.75 Å². The highest BCUT2D eigenvalue weighted by Crippen LogP contribution is 2.36. The molecule has 0 amide bonds. The highest BCUT2D eigenvalue weighted by Gasteiger charge is 2.20. The monoisotopic (exact) mass is 413 g/mol. The summed E-state index contributed by atoms with van der Waals surface area (Å²) in [5.41, 5.74) is 2.60. The predicted molar refractivity (Wildman–Crippen MR) is 119 cm³/mol. The van der Waals surface area contributed by atoms with Crippen LogP contribution in [0.3, 0.4) is 0 Å². The van der Waals surface area contributed by atoms with Crippen LogP contribution in [0.1, 0.15) is 37.2 Å². The van der Waals surface area contributed by atoms with Crippen LogP contribution in [0.15, 0.2) is 42.5 Å². The summed E-state index contributed by atoms with van der Waals surface area (Å²) in [5.74, 6) is 1.10. The van der Waals surface area contributed by atoms with Gasteiger partial charge in [-0.1, -0.05) is 23.5 Å². The number of unbranched alkanes of at least 4 members (excludes halogenated alkanes) is 1. The van der Waals surface area contributed by atoms with Gasteiger partial charge in [0, 0.05) is 13.6 Å². The smallest absolute Gasteiger partial charge is 0.186 e. The zero-order valence-corrected chi connectivity index (χ0v) is 17.7. The average Bonchev–Trinajstić information content (AvgIpc) is 3.20. The number of nitrogens with zero attached hydrogens (tertiary/aromatic N) is 2. The van der Waals surface area contributed by atoms with Crippen molar-refractivity contribution in [3.05, 3.63) is 53.8 Å². The Labute approximate surface area is 175 Å². The van der Waals surface area contributed by atoms with Crippen molar-refractivity contribution in [1.29, 1.82) is 0 Å². The van der Waals surface area contributed by atoms with E-state index in [4.69, 9.17) is 9.72 Å². The van der Waals surface area contributed by atoms with Crippen molar-refractivity contribution in [2.75, 3.05) is 38.2 Å². The molecule has 0 radical (unpaired) electrons. The van der Waals surface area contributed by atoms with Gasteiger partial charge in [-0.25, -0.2) is 9.37 Å². The molecule has 1 fully saturated rings. The van der Waals surface area contributed by atoms with Crippen molar-refractivity contribution in [2.24, 2.45) is 0 Å². The predicted octanol–water partition coefficient (Wildman–Crippen LogP) is 5.20. The molecule has 0 saturated carbocycles. The van der Waals surface area contributed by atoms with E-state index in [1.54, 1.807) is 23.5 Å². The van der Waals surface area contributed by atoms with Gasteiger partial charge >= 0.3 is 0 Å². The van der Waals surface area contributed by atoms with Crippen LogP contribution in [-0.2, 0) is 0 Å². The maximum Gasteiger partial charge on any atom is 0.186 e. The molecule has 0 bridgehead atoms. The molecule has 0 unspecified atom stereocenters. The Morgan fingerprint density at radius 2 is 1.93 bits per heavy atom. The first-order valence-corrected chi connectivity index (χ1v) is 11.2. The Morgan fingerprint density at radius 1 is 1.14 bits per heavy atom. The summed E-state index contributed by atoms with van der Waals surface area (Å²) >= 11 is 1.78. The van der Waals surface area contributed by atoms with Gasteiger partial charge in [-0.2, -0.15) is 0 Å². The number of aromatic nitrogens is 1. The fourth-order valence-corrected chi connectivity index (χ4v) is 4.84. The Kier molecular flexibility index (Phi) is 6.62. The van der Waals surface area contributed by atoms with Gasteiger partial charge in [0.15, 0.2) is 5.13 Å². The zero-order chi connectivity index (χ0) is 20.1. The van der Waals surface area contributed by atoms with E-state index in [2.05, 4.69) is 35.5 Å². The fraction of sp³-hybridized carbons (Fsp3) is 0.435. The minimum Gasteiger partial charge on any atom is -0.494 e. The number of thiazole rings is 1. The Hall–Kier alpha value is -2.18. The number of fused-ring (bicyclic) bond motifs is 1. The maximum atomic E-state index is 12.9. The van der Waals surface area contributed by atoms with E-state index in [9.17, 15) is 4.39 Å². The number of piperidine rings is 1.